The molecule has 0 radical (unpaired) electrons. The summed E-state index contributed by atoms with van der Waals surface area (Å²) in [4.78, 5) is 21.9. The van der Waals surface area contributed by atoms with Crippen LogP contribution in [0.3, 0.4) is 0 Å². The largest absolute Gasteiger partial charge is 0.351 e. The Morgan fingerprint density at radius 1 is 1.43 bits per heavy atom. The van der Waals surface area contributed by atoms with Gasteiger partial charge in [-0.25, -0.2) is 0 Å². The number of carbonyl (C=O) groups is 2. The molecule has 1 aliphatic rings. The van der Waals surface area contributed by atoms with Crippen LogP contribution in [-0.4, -0.2) is 18.7 Å². The van der Waals surface area contributed by atoms with E-state index < -0.39 is 0 Å². The Bertz CT molecular complexity index is 373. The van der Waals surface area contributed by atoms with Crippen LogP contribution in [0.2, 0.25) is 0 Å². The molecule has 3 heteroatoms. The Hall–Kier alpha value is -1.64. The molecule has 0 fully saturated rings. The number of hydrogen-bond donors (Lipinski definition) is 1. The summed E-state index contributed by atoms with van der Waals surface area (Å²) >= 11 is 0. The molecule has 1 amide bonds. The second-order valence-corrected chi connectivity index (χ2v) is 3.40. The number of hydrogen-bond acceptors (Lipinski definition) is 2. The molecule has 0 aliphatic carbocycles. The Morgan fingerprint density at radius 3 is 3.00 bits per heavy atom. The zero-order valence-electron chi connectivity index (χ0n) is 7.69. The molecular weight excluding hydrogens is 178 g/mol. The van der Waals surface area contributed by atoms with Gasteiger partial charge in [0.25, 0.3) is 5.91 Å². The fraction of sp³-hybridized carbons (Fsp3) is 0.273. The van der Waals surface area contributed by atoms with Crippen LogP contribution in [-0.2, 0) is 4.79 Å². The molecule has 1 aliphatic heterocycles. The summed E-state index contributed by atoms with van der Waals surface area (Å²) in [5, 5.41) is 2.78. The Kier molecular flexibility index (Phi) is 2.31. The SMILES string of the molecule is O=CCC1CNC(=O)c2ccccc21. The molecule has 0 bridgehead atoms. The van der Waals surface area contributed by atoms with Crippen molar-refractivity contribution in [1.29, 1.82) is 0 Å². The number of fused-ring (bicyclic) bond motifs is 1. The number of amides is 1. The topological polar surface area (TPSA) is 46.2 Å². The van der Waals surface area contributed by atoms with Gasteiger partial charge in [0.1, 0.15) is 6.29 Å². The van der Waals surface area contributed by atoms with Crippen LogP contribution in [0.5, 0.6) is 0 Å². The maximum atomic E-state index is 11.4. The normalized spacial score (nSPS) is 19.7. The monoisotopic (exact) mass is 189 g/mol. The molecule has 1 atom stereocenters. The van der Waals surface area contributed by atoms with E-state index >= 15 is 0 Å². The lowest BCUT2D eigenvalue weighted by molar-refractivity contribution is -0.108. The summed E-state index contributed by atoms with van der Waals surface area (Å²) in [5.74, 6) is 0.101. The first-order valence-corrected chi connectivity index (χ1v) is 4.63. The van der Waals surface area contributed by atoms with Gasteiger partial charge in [0.05, 0.1) is 0 Å². The lowest BCUT2D eigenvalue weighted by Gasteiger charge is -2.23. The number of benzene rings is 1. The van der Waals surface area contributed by atoms with Crippen LogP contribution in [0.25, 0.3) is 0 Å². The van der Waals surface area contributed by atoms with E-state index in [0.29, 0.717) is 18.5 Å². The van der Waals surface area contributed by atoms with Crippen LogP contribution in [0, 0.1) is 0 Å². The molecule has 1 N–H and O–H groups in total. The van der Waals surface area contributed by atoms with E-state index in [1.807, 2.05) is 18.2 Å². The summed E-state index contributed by atoms with van der Waals surface area (Å²) in [7, 11) is 0. The summed E-state index contributed by atoms with van der Waals surface area (Å²) in [6, 6.07) is 7.45. The first kappa shape index (κ1) is 8.94. The Balaban J connectivity index is 2.41. The highest BCUT2D eigenvalue weighted by Crippen LogP contribution is 2.25. The van der Waals surface area contributed by atoms with Gasteiger partial charge in [-0.3, -0.25) is 4.79 Å². The first-order chi connectivity index (χ1) is 6.83. The molecule has 1 aromatic rings. The number of nitrogens with one attached hydrogen (secondary N) is 1. The van der Waals surface area contributed by atoms with E-state index in [1.54, 1.807) is 6.07 Å². The van der Waals surface area contributed by atoms with Gasteiger partial charge in [-0.05, 0) is 11.6 Å². The standard InChI is InChI=1S/C11H11NO2/c13-6-5-8-7-12-11(14)10-4-2-1-3-9(8)10/h1-4,6,8H,5,7H2,(H,12,14). The highest BCUT2D eigenvalue weighted by molar-refractivity contribution is 5.97. The third kappa shape index (κ3) is 1.41. The van der Waals surface area contributed by atoms with Crippen molar-refractivity contribution in [2.24, 2.45) is 0 Å². The second kappa shape index (κ2) is 3.62. The van der Waals surface area contributed by atoms with E-state index in [-0.39, 0.29) is 11.8 Å². The molecule has 0 spiro atoms. The number of rotatable bonds is 2. The average Bonchev–Trinajstić information content (AvgIpc) is 2.23. The van der Waals surface area contributed by atoms with Crippen molar-refractivity contribution in [2.45, 2.75) is 12.3 Å². The van der Waals surface area contributed by atoms with E-state index in [1.165, 1.54) is 0 Å². The van der Waals surface area contributed by atoms with Crippen LogP contribution < -0.4 is 5.32 Å². The fourth-order valence-electron chi connectivity index (χ4n) is 1.81. The second-order valence-electron chi connectivity index (χ2n) is 3.40. The van der Waals surface area contributed by atoms with E-state index in [9.17, 15) is 9.59 Å². The lowest BCUT2D eigenvalue weighted by Crippen LogP contribution is -2.35. The van der Waals surface area contributed by atoms with Crippen molar-refractivity contribution >= 4 is 12.2 Å². The zero-order chi connectivity index (χ0) is 9.97. The third-order valence-corrected chi connectivity index (χ3v) is 2.54. The lowest BCUT2D eigenvalue weighted by atomic mass is 9.89. The molecule has 3 nitrogen and oxygen atoms in total. The van der Waals surface area contributed by atoms with Crippen molar-refractivity contribution in [2.75, 3.05) is 6.54 Å². The minimum absolute atomic E-state index is 0.0391. The van der Waals surface area contributed by atoms with Gasteiger partial charge in [0.2, 0.25) is 0 Å². The molecule has 72 valence electrons. The third-order valence-electron chi connectivity index (χ3n) is 2.54. The van der Waals surface area contributed by atoms with Crippen molar-refractivity contribution in [3.05, 3.63) is 35.4 Å². The molecule has 0 saturated carbocycles. The van der Waals surface area contributed by atoms with Crippen LogP contribution in [0.1, 0.15) is 28.3 Å². The van der Waals surface area contributed by atoms with E-state index in [4.69, 9.17) is 0 Å². The molecule has 2 rings (SSSR count). The van der Waals surface area contributed by atoms with Crippen molar-refractivity contribution in [3.8, 4) is 0 Å². The van der Waals surface area contributed by atoms with Gasteiger partial charge >= 0.3 is 0 Å². The van der Waals surface area contributed by atoms with Crippen LogP contribution in [0.15, 0.2) is 24.3 Å². The summed E-state index contributed by atoms with van der Waals surface area (Å²) < 4.78 is 0. The van der Waals surface area contributed by atoms with Gasteiger partial charge in [0.15, 0.2) is 0 Å². The van der Waals surface area contributed by atoms with E-state index in [2.05, 4.69) is 5.32 Å². The summed E-state index contributed by atoms with van der Waals surface area (Å²) in [6.45, 7) is 0.564. The van der Waals surface area contributed by atoms with Crippen molar-refractivity contribution in [1.82, 2.24) is 5.32 Å². The highest BCUT2D eigenvalue weighted by atomic mass is 16.1. The maximum Gasteiger partial charge on any atom is 0.251 e. The number of aldehydes is 1. The summed E-state index contributed by atoms with van der Waals surface area (Å²) in [5.41, 5.74) is 1.69. The minimum Gasteiger partial charge on any atom is -0.351 e. The molecule has 0 aromatic heterocycles. The molecule has 14 heavy (non-hydrogen) atoms. The van der Waals surface area contributed by atoms with Crippen molar-refractivity contribution < 1.29 is 9.59 Å². The smallest absolute Gasteiger partial charge is 0.251 e. The van der Waals surface area contributed by atoms with Crippen LogP contribution in [0.4, 0.5) is 0 Å². The quantitative estimate of drug-likeness (QED) is 0.708. The molecular formula is C11H11NO2. The van der Waals surface area contributed by atoms with Gasteiger partial charge in [-0.15, -0.1) is 0 Å². The number of carbonyl (C=O) groups excluding carboxylic acids is 2. The predicted octanol–water partition coefficient (Wildman–Crippen LogP) is 1.10. The summed E-state index contributed by atoms with van der Waals surface area (Å²) in [6.07, 6.45) is 1.37. The first-order valence-electron chi connectivity index (χ1n) is 4.63. The molecule has 0 saturated heterocycles. The zero-order valence-corrected chi connectivity index (χ0v) is 7.69. The Labute approximate surface area is 82.1 Å². The van der Waals surface area contributed by atoms with E-state index in [0.717, 1.165) is 11.8 Å². The van der Waals surface area contributed by atoms with Crippen LogP contribution >= 0.6 is 0 Å². The predicted molar refractivity (Wildman–Crippen MR) is 52.2 cm³/mol. The average molecular weight is 189 g/mol. The highest BCUT2D eigenvalue weighted by Gasteiger charge is 2.23. The molecule has 1 aromatic carbocycles. The molecule has 1 heterocycles. The van der Waals surface area contributed by atoms with Gasteiger partial charge in [0, 0.05) is 24.4 Å². The maximum absolute atomic E-state index is 11.4. The van der Waals surface area contributed by atoms with Gasteiger partial charge in [-0.2, -0.15) is 0 Å². The van der Waals surface area contributed by atoms with Gasteiger partial charge in [-0.1, -0.05) is 18.2 Å². The minimum atomic E-state index is -0.0391. The van der Waals surface area contributed by atoms with Crippen molar-refractivity contribution in [3.63, 3.8) is 0 Å². The Morgan fingerprint density at radius 2 is 2.21 bits per heavy atom. The van der Waals surface area contributed by atoms with Gasteiger partial charge < -0.3 is 10.1 Å². The fourth-order valence-corrected chi connectivity index (χ4v) is 1.81. The molecule has 1 unspecified atom stereocenters.